The first-order chi connectivity index (χ1) is 9.78. The zero-order chi connectivity index (χ0) is 13.9. The minimum absolute atomic E-state index is 0.343. The summed E-state index contributed by atoms with van der Waals surface area (Å²) in [7, 11) is 1.52. The lowest BCUT2D eigenvalue weighted by Gasteiger charge is -1.98. The lowest BCUT2D eigenvalue weighted by molar-refractivity contribution is 0.392. The summed E-state index contributed by atoms with van der Waals surface area (Å²) in [6.07, 6.45) is 0. The second-order valence-corrected chi connectivity index (χ2v) is 3.97. The average Bonchev–Trinajstić information content (AvgIpc) is 2.97. The summed E-state index contributed by atoms with van der Waals surface area (Å²) in [6, 6.07) is 10.6. The van der Waals surface area contributed by atoms with Crippen LogP contribution in [0.2, 0.25) is 0 Å². The highest BCUT2D eigenvalue weighted by molar-refractivity contribution is 5.70. The summed E-state index contributed by atoms with van der Waals surface area (Å²) in [4.78, 5) is 4.27. The van der Waals surface area contributed by atoms with E-state index in [1.54, 1.807) is 18.2 Å². The monoisotopic (exact) mass is 269 g/mol. The lowest BCUT2D eigenvalue weighted by atomic mass is 10.2. The molecule has 2 N–H and O–H groups in total. The number of nitrogens with two attached hydrogens (primary N) is 1. The molecule has 0 atom stereocenters. The molecule has 3 rings (SSSR count). The molecule has 0 spiro atoms. The molecular formula is C13H11N5O2. The molecule has 0 aliphatic heterocycles. The molecule has 7 heteroatoms. The van der Waals surface area contributed by atoms with Crippen LogP contribution in [0.15, 0.2) is 40.9 Å². The van der Waals surface area contributed by atoms with Crippen LogP contribution in [0.3, 0.4) is 0 Å². The summed E-state index contributed by atoms with van der Waals surface area (Å²) in [5, 5.41) is 11.7. The van der Waals surface area contributed by atoms with Crippen molar-refractivity contribution in [1.82, 2.24) is 20.3 Å². The van der Waals surface area contributed by atoms with Crippen molar-refractivity contribution in [3.8, 4) is 28.9 Å². The van der Waals surface area contributed by atoms with Gasteiger partial charge in [0.2, 0.25) is 11.7 Å². The molecule has 7 nitrogen and oxygen atoms in total. The number of nitrogen functional groups attached to an aromatic ring is 1. The van der Waals surface area contributed by atoms with Gasteiger partial charge >= 0.3 is 0 Å². The fourth-order valence-electron chi connectivity index (χ4n) is 1.68. The molecule has 0 bridgehead atoms. The second kappa shape index (κ2) is 4.96. The van der Waals surface area contributed by atoms with E-state index in [9.17, 15) is 0 Å². The highest BCUT2D eigenvalue weighted by Crippen LogP contribution is 2.25. The Bertz CT molecular complexity index is 724. The predicted molar refractivity (Wildman–Crippen MR) is 71.7 cm³/mol. The fourth-order valence-corrected chi connectivity index (χ4v) is 1.68. The summed E-state index contributed by atoms with van der Waals surface area (Å²) in [6.45, 7) is 0. The topological polar surface area (TPSA) is 100.0 Å². The molecule has 3 aromatic rings. The Morgan fingerprint density at radius 2 is 1.95 bits per heavy atom. The van der Waals surface area contributed by atoms with Crippen molar-refractivity contribution in [2.45, 2.75) is 0 Å². The average molecular weight is 269 g/mol. The van der Waals surface area contributed by atoms with E-state index in [0.29, 0.717) is 34.5 Å². The van der Waals surface area contributed by atoms with Gasteiger partial charge in [0.15, 0.2) is 0 Å². The molecule has 0 aliphatic carbocycles. The van der Waals surface area contributed by atoms with Gasteiger partial charge in [-0.25, -0.2) is 0 Å². The maximum atomic E-state index is 5.87. The number of benzene rings is 1. The van der Waals surface area contributed by atoms with E-state index < -0.39 is 0 Å². The highest BCUT2D eigenvalue weighted by Gasteiger charge is 2.13. The zero-order valence-electron chi connectivity index (χ0n) is 10.6. The van der Waals surface area contributed by atoms with Crippen molar-refractivity contribution >= 4 is 5.69 Å². The van der Waals surface area contributed by atoms with Gasteiger partial charge in [-0.05, 0) is 18.2 Å². The standard InChI is InChI=1S/C13H11N5O2/c1-19-11-7-6-10(16-17-11)12-15-13(20-18-12)8-4-2-3-5-9(8)14/h2-7H,14H2,1H3. The SMILES string of the molecule is COc1ccc(-c2noc(-c3ccccc3N)n2)nn1. The van der Waals surface area contributed by atoms with Gasteiger partial charge in [0.25, 0.3) is 5.89 Å². The van der Waals surface area contributed by atoms with Gasteiger partial charge in [0.05, 0.1) is 12.7 Å². The molecule has 20 heavy (non-hydrogen) atoms. The van der Waals surface area contributed by atoms with Crippen LogP contribution in [0, 0.1) is 0 Å². The van der Waals surface area contributed by atoms with Crippen LogP contribution >= 0.6 is 0 Å². The number of methoxy groups -OCH3 is 1. The van der Waals surface area contributed by atoms with Crippen LogP contribution < -0.4 is 10.5 Å². The smallest absolute Gasteiger partial charge is 0.260 e. The summed E-state index contributed by atoms with van der Waals surface area (Å²) >= 11 is 0. The lowest BCUT2D eigenvalue weighted by Crippen LogP contribution is -1.93. The number of nitrogens with zero attached hydrogens (tertiary/aromatic N) is 4. The van der Waals surface area contributed by atoms with Crippen LogP contribution in [0.1, 0.15) is 0 Å². The number of aromatic nitrogens is 4. The predicted octanol–water partition coefficient (Wildman–Crippen LogP) is 1.78. The number of hydrogen-bond donors (Lipinski definition) is 1. The Morgan fingerprint density at radius 3 is 2.65 bits per heavy atom. The van der Waals surface area contributed by atoms with E-state index in [0.717, 1.165) is 0 Å². The minimum atomic E-state index is 0.343. The Kier molecular flexibility index (Phi) is 3.00. The molecule has 2 heterocycles. The number of para-hydroxylation sites is 1. The second-order valence-electron chi connectivity index (χ2n) is 3.97. The number of rotatable bonds is 3. The van der Waals surface area contributed by atoms with Crippen molar-refractivity contribution in [2.24, 2.45) is 0 Å². The molecule has 0 unspecified atom stereocenters. The number of anilines is 1. The van der Waals surface area contributed by atoms with Gasteiger partial charge in [-0.2, -0.15) is 4.98 Å². The highest BCUT2D eigenvalue weighted by atomic mass is 16.5. The third-order valence-corrected chi connectivity index (χ3v) is 2.70. The first-order valence-electron chi connectivity index (χ1n) is 5.84. The first kappa shape index (κ1) is 12.1. The van der Waals surface area contributed by atoms with Crippen LogP contribution in [-0.2, 0) is 0 Å². The van der Waals surface area contributed by atoms with Crippen molar-refractivity contribution in [2.75, 3.05) is 12.8 Å². The van der Waals surface area contributed by atoms with E-state index in [4.69, 9.17) is 15.0 Å². The Labute approximate surface area is 114 Å². The first-order valence-corrected chi connectivity index (χ1v) is 5.84. The maximum Gasteiger partial charge on any atom is 0.260 e. The van der Waals surface area contributed by atoms with Crippen molar-refractivity contribution in [3.05, 3.63) is 36.4 Å². The summed E-state index contributed by atoms with van der Waals surface area (Å²) in [5.41, 5.74) is 7.62. The molecule has 2 aromatic heterocycles. The maximum absolute atomic E-state index is 5.87. The van der Waals surface area contributed by atoms with E-state index in [2.05, 4.69) is 20.3 Å². The number of hydrogen-bond acceptors (Lipinski definition) is 7. The van der Waals surface area contributed by atoms with Gasteiger partial charge in [-0.1, -0.05) is 17.3 Å². The van der Waals surface area contributed by atoms with Crippen LogP contribution in [-0.4, -0.2) is 27.4 Å². The molecule has 0 saturated heterocycles. The van der Waals surface area contributed by atoms with Gasteiger partial charge in [-0.15, -0.1) is 10.2 Å². The van der Waals surface area contributed by atoms with E-state index in [-0.39, 0.29) is 0 Å². The van der Waals surface area contributed by atoms with Crippen molar-refractivity contribution in [3.63, 3.8) is 0 Å². The molecular weight excluding hydrogens is 258 g/mol. The third-order valence-electron chi connectivity index (χ3n) is 2.70. The molecule has 0 aliphatic rings. The summed E-state index contributed by atoms with van der Waals surface area (Å²) < 4.78 is 10.1. The van der Waals surface area contributed by atoms with Crippen molar-refractivity contribution < 1.29 is 9.26 Å². The van der Waals surface area contributed by atoms with Crippen molar-refractivity contribution in [1.29, 1.82) is 0 Å². The zero-order valence-corrected chi connectivity index (χ0v) is 10.6. The quantitative estimate of drug-likeness (QED) is 0.723. The van der Waals surface area contributed by atoms with Crippen LogP contribution in [0.25, 0.3) is 23.0 Å². The van der Waals surface area contributed by atoms with E-state index >= 15 is 0 Å². The summed E-state index contributed by atoms with van der Waals surface area (Å²) in [5.74, 6) is 1.11. The van der Waals surface area contributed by atoms with E-state index in [1.165, 1.54) is 7.11 Å². The molecule has 1 aromatic carbocycles. The van der Waals surface area contributed by atoms with Gasteiger partial charge in [0, 0.05) is 11.8 Å². The molecule has 0 saturated carbocycles. The molecule has 100 valence electrons. The van der Waals surface area contributed by atoms with E-state index in [1.807, 2.05) is 18.2 Å². The Balaban J connectivity index is 1.95. The van der Waals surface area contributed by atoms with Gasteiger partial charge in [0.1, 0.15) is 5.69 Å². The molecule has 0 fully saturated rings. The molecule has 0 radical (unpaired) electrons. The normalized spacial score (nSPS) is 10.4. The fraction of sp³-hybridized carbons (Fsp3) is 0.0769. The van der Waals surface area contributed by atoms with Gasteiger partial charge < -0.3 is 15.0 Å². The molecule has 0 amide bonds. The third kappa shape index (κ3) is 2.16. The van der Waals surface area contributed by atoms with Crippen LogP contribution in [0.5, 0.6) is 5.88 Å². The Hall–Kier alpha value is -2.96. The number of ether oxygens (including phenoxy) is 1. The Morgan fingerprint density at radius 1 is 1.10 bits per heavy atom. The van der Waals surface area contributed by atoms with Crippen LogP contribution in [0.4, 0.5) is 5.69 Å². The van der Waals surface area contributed by atoms with Gasteiger partial charge in [-0.3, -0.25) is 0 Å². The minimum Gasteiger partial charge on any atom is -0.480 e. The largest absolute Gasteiger partial charge is 0.480 e.